The lowest BCUT2D eigenvalue weighted by atomic mass is 10.1. The van der Waals surface area contributed by atoms with Crippen LogP contribution in [0.5, 0.6) is 0 Å². The van der Waals surface area contributed by atoms with Gasteiger partial charge in [0.2, 0.25) is 5.78 Å². The molecule has 0 spiro atoms. The molecule has 0 aliphatic heterocycles. The first-order chi connectivity index (χ1) is 9.30. The lowest BCUT2D eigenvalue weighted by Crippen LogP contribution is -2.09. The average Bonchev–Trinajstić information content (AvgIpc) is 2.40. The number of nitrogens with zero attached hydrogens (tertiary/aromatic N) is 1. The van der Waals surface area contributed by atoms with Gasteiger partial charge in [-0.1, -0.05) is 29.3 Å². The van der Waals surface area contributed by atoms with Crippen molar-refractivity contribution in [1.29, 1.82) is 0 Å². The third-order valence-electron chi connectivity index (χ3n) is 2.52. The molecule has 2 rings (SSSR count). The number of aromatic nitrogens is 1. The fraction of sp³-hybridized carbons (Fsp3) is 0.0769. The van der Waals surface area contributed by atoms with E-state index in [2.05, 4.69) is 4.98 Å². The molecule has 2 aromatic rings. The largest absolute Gasteiger partial charge is 0.417 e. The van der Waals surface area contributed by atoms with Crippen LogP contribution in [0.4, 0.5) is 13.2 Å². The highest BCUT2D eigenvalue weighted by Gasteiger charge is 2.31. The number of hydrogen-bond acceptors (Lipinski definition) is 2. The topological polar surface area (TPSA) is 30.0 Å². The molecule has 20 heavy (non-hydrogen) atoms. The van der Waals surface area contributed by atoms with Crippen LogP contribution < -0.4 is 0 Å². The monoisotopic (exact) mass is 319 g/mol. The second-order valence-electron chi connectivity index (χ2n) is 3.86. The minimum Gasteiger partial charge on any atom is -0.287 e. The summed E-state index contributed by atoms with van der Waals surface area (Å²) in [5, 5.41) is 0.227. The van der Waals surface area contributed by atoms with Crippen LogP contribution in [-0.4, -0.2) is 10.8 Å². The van der Waals surface area contributed by atoms with Crippen molar-refractivity contribution in [3.63, 3.8) is 0 Å². The number of halogens is 5. The van der Waals surface area contributed by atoms with Gasteiger partial charge >= 0.3 is 6.18 Å². The lowest BCUT2D eigenvalue weighted by Gasteiger charge is -2.07. The molecule has 0 saturated heterocycles. The van der Waals surface area contributed by atoms with E-state index in [0.717, 1.165) is 12.1 Å². The molecular formula is C13H6Cl2F3NO. The summed E-state index contributed by atoms with van der Waals surface area (Å²) >= 11 is 11.7. The third-order valence-corrected chi connectivity index (χ3v) is 3.34. The molecule has 0 bridgehead atoms. The molecule has 0 aliphatic carbocycles. The van der Waals surface area contributed by atoms with Gasteiger partial charge in [-0.05, 0) is 24.3 Å². The van der Waals surface area contributed by atoms with E-state index < -0.39 is 17.5 Å². The van der Waals surface area contributed by atoms with Gasteiger partial charge < -0.3 is 0 Å². The van der Waals surface area contributed by atoms with Crippen LogP contribution in [0.1, 0.15) is 21.6 Å². The SMILES string of the molecule is O=C(c1ccc(C(F)(F)F)cn1)c1cccc(Cl)c1Cl. The lowest BCUT2D eigenvalue weighted by molar-refractivity contribution is -0.137. The Hall–Kier alpha value is -1.59. The summed E-state index contributed by atoms with van der Waals surface area (Å²) in [6.45, 7) is 0. The Kier molecular flexibility index (Phi) is 4.01. The standard InChI is InChI=1S/C13H6Cl2F3NO/c14-9-3-1-2-8(11(9)15)12(20)10-5-4-7(6-19-10)13(16,17)18/h1-6H. The molecule has 0 radical (unpaired) electrons. The van der Waals surface area contributed by atoms with Crippen molar-refractivity contribution in [2.75, 3.05) is 0 Å². The van der Waals surface area contributed by atoms with Crippen LogP contribution in [0.3, 0.4) is 0 Å². The van der Waals surface area contributed by atoms with E-state index in [1.165, 1.54) is 18.2 Å². The van der Waals surface area contributed by atoms with E-state index in [0.29, 0.717) is 6.20 Å². The quantitative estimate of drug-likeness (QED) is 0.755. The highest BCUT2D eigenvalue weighted by atomic mass is 35.5. The average molecular weight is 320 g/mol. The van der Waals surface area contributed by atoms with Crippen LogP contribution in [0.25, 0.3) is 0 Å². The first-order valence-corrected chi connectivity index (χ1v) is 6.08. The Bertz CT molecular complexity index is 654. The highest BCUT2D eigenvalue weighted by molar-refractivity contribution is 6.44. The molecule has 0 unspecified atom stereocenters. The van der Waals surface area contributed by atoms with E-state index in [9.17, 15) is 18.0 Å². The molecule has 0 saturated carbocycles. The normalized spacial score (nSPS) is 11.4. The van der Waals surface area contributed by atoms with Gasteiger partial charge in [-0.15, -0.1) is 0 Å². The maximum absolute atomic E-state index is 12.4. The van der Waals surface area contributed by atoms with Gasteiger partial charge in [-0.3, -0.25) is 9.78 Å². The van der Waals surface area contributed by atoms with Crippen molar-refractivity contribution in [2.45, 2.75) is 6.18 Å². The number of alkyl halides is 3. The van der Waals surface area contributed by atoms with Gasteiger partial charge in [0.25, 0.3) is 0 Å². The van der Waals surface area contributed by atoms with E-state index in [4.69, 9.17) is 23.2 Å². The molecule has 2 nitrogen and oxygen atoms in total. The number of benzene rings is 1. The first-order valence-electron chi connectivity index (χ1n) is 5.32. The highest BCUT2D eigenvalue weighted by Crippen LogP contribution is 2.30. The molecule has 1 heterocycles. The number of pyridine rings is 1. The molecule has 1 aromatic heterocycles. The van der Waals surface area contributed by atoms with Crippen LogP contribution in [0.15, 0.2) is 36.5 Å². The fourth-order valence-electron chi connectivity index (χ4n) is 1.51. The predicted molar refractivity (Wildman–Crippen MR) is 69.1 cm³/mol. The molecule has 7 heteroatoms. The molecule has 104 valence electrons. The minimum atomic E-state index is -4.50. The van der Waals surface area contributed by atoms with Crippen molar-refractivity contribution in [3.8, 4) is 0 Å². The van der Waals surface area contributed by atoms with E-state index >= 15 is 0 Å². The smallest absolute Gasteiger partial charge is 0.287 e. The summed E-state index contributed by atoms with van der Waals surface area (Å²) in [7, 11) is 0. The molecule has 0 atom stereocenters. The summed E-state index contributed by atoms with van der Waals surface area (Å²) in [5.41, 5.74) is -0.972. The fourth-order valence-corrected chi connectivity index (χ4v) is 1.90. The number of hydrogen-bond donors (Lipinski definition) is 0. The summed E-state index contributed by atoms with van der Waals surface area (Å²) in [4.78, 5) is 15.6. The summed E-state index contributed by atoms with van der Waals surface area (Å²) in [6, 6.07) is 6.24. The van der Waals surface area contributed by atoms with Crippen LogP contribution in [-0.2, 0) is 6.18 Å². The van der Waals surface area contributed by atoms with E-state index in [-0.39, 0.29) is 21.3 Å². The molecular weight excluding hydrogens is 314 g/mol. The Balaban J connectivity index is 2.37. The van der Waals surface area contributed by atoms with E-state index in [1.54, 1.807) is 0 Å². The van der Waals surface area contributed by atoms with Crippen molar-refractivity contribution in [3.05, 3.63) is 63.4 Å². The zero-order valence-electron chi connectivity index (χ0n) is 9.71. The first kappa shape index (κ1) is 14.8. The van der Waals surface area contributed by atoms with Crippen molar-refractivity contribution >= 4 is 29.0 Å². The van der Waals surface area contributed by atoms with Crippen LogP contribution in [0.2, 0.25) is 10.0 Å². The van der Waals surface area contributed by atoms with Gasteiger partial charge in [-0.2, -0.15) is 13.2 Å². The zero-order valence-corrected chi connectivity index (χ0v) is 11.2. The van der Waals surface area contributed by atoms with Crippen LogP contribution in [0, 0.1) is 0 Å². The molecule has 0 fully saturated rings. The Morgan fingerprint density at radius 3 is 2.35 bits per heavy atom. The van der Waals surface area contributed by atoms with Gasteiger partial charge in [0.05, 0.1) is 15.6 Å². The number of ketones is 1. The maximum atomic E-state index is 12.4. The summed E-state index contributed by atoms with van der Waals surface area (Å²) < 4.78 is 37.2. The van der Waals surface area contributed by atoms with Crippen molar-refractivity contribution in [1.82, 2.24) is 4.98 Å². The van der Waals surface area contributed by atoms with Crippen molar-refractivity contribution in [2.24, 2.45) is 0 Å². The Labute approximate surface area is 122 Å². The Morgan fingerprint density at radius 2 is 1.80 bits per heavy atom. The summed E-state index contributed by atoms with van der Waals surface area (Å²) in [6.07, 6.45) is -3.89. The molecule has 0 N–H and O–H groups in total. The van der Waals surface area contributed by atoms with Crippen LogP contribution >= 0.6 is 23.2 Å². The maximum Gasteiger partial charge on any atom is 0.417 e. The predicted octanol–water partition coefficient (Wildman–Crippen LogP) is 4.64. The molecule has 0 amide bonds. The number of carbonyl (C=O) groups excluding carboxylic acids is 1. The number of carbonyl (C=O) groups is 1. The molecule has 1 aromatic carbocycles. The second kappa shape index (κ2) is 5.42. The van der Waals surface area contributed by atoms with Gasteiger partial charge in [0.1, 0.15) is 5.69 Å². The number of rotatable bonds is 2. The Morgan fingerprint density at radius 1 is 1.10 bits per heavy atom. The van der Waals surface area contributed by atoms with Gasteiger partial charge in [-0.25, -0.2) is 0 Å². The third kappa shape index (κ3) is 2.94. The second-order valence-corrected chi connectivity index (χ2v) is 4.65. The zero-order chi connectivity index (χ0) is 14.9. The minimum absolute atomic E-state index is 0.0425. The van der Waals surface area contributed by atoms with Crippen molar-refractivity contribution < 1.29 is 18.0 Å². The van der Waals surface area contributed by atoms with Gasteiger partial charge in [0.15, 0.2) is 0 Å². The van der Waals surface area contributed by atoms with Gasteiger partial charge in [0, 0.05) is 11.8 Å². The molecule has 0 aliphatic rings. The van der Waals surface area contributed by atoms with E-state index in [1.807, 2.05) is 0 Å². The summed E-state index contributed by atoms with van der Waals surface area (Å²) in [5.74, 6) is -0.591.